The number of fused-ring (bicyclic) bond motifs is 1. The quantitative estimate of drug-likeness (QED) is 0.197. The summed E-state index contributed by atoms with van der Waals surface area (Å²) in [6, 6.07) is 13.5. The van der Waals surface area contributed by atoms with Crippen molar-refractivity contribution >= 4 is 29.5 Å². The van der Waals surface area contributed by atoms with Crippen LogP contribution in [-0.2, 0) is 15.1 Å². The van der Waals surface area contributed by atoms with E-state index in [1.54, 1.807) is 0 Å². The summed E-state index contributed by atoms with van der Waals surface area (Å²) < 4.78 is 49.0. The fraction of sp³-hybridized carbons (Fsp3) is 0.488. The van der Waals surface area contributed by atoms with E-state index in [2.05, 4.69) is 10.6 Å². The monoisotopic (exact) mass is 766 g/mol. The van der Waals surface area contributed by atoms with Crippen LogP contribution in [0.1, 0.15) is 87.2 Å². The van der Waals surface area contributed by atoms with Crippen LogP contribution < -0.4 is 25.8 Å². The van der Waals surface area contributed by atoms with Gasteiger partial charge in [-0.05, 0) is 76.5 Å². The molecule has 54 heavy (non-hydrogen) atoms. The third-order valence-corrected chi connectivity index (χ3v) is 11.4. The molecule has 4 N–H and O–H groups in total. The van der Waals surface area contributed by atoms with Gasteiger partial charge in [0.2, 0.25) is 11.8 Å². The maximum atomic E-state index is 16.1. The Morgan fingerprint density at radius 2 is 1.74 bits per heavy atom. The zero-order valence-electron chi connectivity index (χ0n) is 31.4. The van der Waals surface area contributed by atoms with Crippen molar-refractivity contribution in [3.05, 3.63) is 81.9 Å². The number of nitrogens with two attached hydrogens (primary N) is 1. The molecule has 2 aliphatic heterocycles. The predicted octanol–water partition coefficient (Wildman–Crippen LogP) is 7.31. The average molecular weight is 767 g/mol. The van der Waals surface area contributed by atoms with Crippen molar-refractivity contribution in [1.29, 1.82) is 0 Å². The van der Waals surface area contributed by atoms with E-state index < -0.39 is 40.8 Å². The number of halogens is 3. The number of rotatable bonds is 10. The van der Waals surface area contributed by atoms with Crippen molar-refractivity contribution in [2.45, 2.75) is 83.0 Å². The molecule has 0 spiro atoms. The van der Waals surface area contributed by atoms with Crippen LogP contribution in [0.25, 0.3) is 11.1 Å². The van der Waals surface area contributed by atoms with Crippen LogP contribution in [0.4, 0.5) is 13.6 Å². The highest BCUT2D eigenvalue weighted by Crippen LogP contribution is 2.56. The number of ether oxygens (including phenoxy) is 3. The molecule has 3 aliphatic rings. The molecule has 3 atom stereocenters. The molecule has 13 heteroatoms. The number of methoxy groups -OCH3 is 1. The summed E-state index contributed by atoms with van der Waals surface area (Å²) in [5, 5.41) is 6.17. The van der Waals surface area contributed by atoms with E-state index in [0.29, 0.717) is 31.7 Å². The molecule has 1 saturated carbocycles. The van der Waals surface area contributed by atoms with Gasteiger partial charge in [-0.3, -0.25) is 9.59 Å². The van der Waals surface area contributed by atoms with E-state index in [0.717, 1.165) is 37.7 Å². The van der Waals surface area contributed by atoms with Crippen LogP contribution in [0.15, 0.2) is 48.5 Å². The number of carbonyl (C=O) groups is 3. The number of hydrogen-bond donors (Lipinski definition) is 3. The second-order valence-electron chi connectivity index (χ2n) is 15.7. The summed E-state index contributed by atoms with van der Waals surface area (Å²) in [6.07, 6.45) is 3.35. The summed E-state index contributed by atoms with van der Waals surface area (Å²) in [5.41, 5.74) is 4.90. The summed E-state index contributed by atoms with van der Waals surface area (Å²) in [4.78, 5) is 40.2. The highest BCUT2D eigenvalue weighted by atomic mass is 35.5. The van der Waals surface area contributed by atoms with Gasteiger partial charge in [-0.2, -0.15) is 0 Å². The highest BCUT2D eigenvalue weighted by Gasteiger charge is 2.50. The Labute approximate surface area is 320 Å². The van der Waals surface area contributed by atoms with Gasteiger partial charge >= 0.3 is 6.09 Å². The Kier molecular flexibility index (Phi) is 11.5. The third-order valence-electron chi connectivity index (χ3n) is 11.0. The Morgan fingerprint density at radius 1 is 1.04 bits per heavy atom. The summed E-state index contributed by atoms with van der Waals surface area (Å²) in [6.45, 7) is 9.43. The van der Waals surface area contributed by atoms with Gasteiger partial charge < -0.3 is 35.5 Å². The standard InChI is InChI=1S/C41H49ClF2N4O6/c1-23-32-31(19-29(43)35(42)34(32)33-28(37(45)49)15-16-30(52-5)36(33)44)53-41(23,26-9-7-6-8-10-26)22-47-27-13-11-25(12-14-27)38(50)48-18-17-24(21-48)20-46-39(51)54-40(2,3)4/h6-10,15-16,19,23-25,27,47H,11-14,17-18,20-22H2,1-5H3,(H2,45,49)(H,46,51)/t23-,24+,25?,27?,41-/m0/s1. The number of nitrogens with one attached hydrogen (secondary N) is 2. The lowest BCUT2D eigenvalue weighted by molar-refractivity contribution is -0.135. The molecule has 6 rings (SSSR count). The van der Waals surface area contributed by atoms with Crippen molar-refractivity contribution in [3.8, 4) is 22.6 Å². The fourth-order valence-corrected chi connectivity index (χ4v) is 8.47. The van der Waals surface area contributed by atoms with Crippen LogP contribution >= 0.6 is 11.6 Å². The fourth-order valence-electron chi connectivity index (χ4n) is 8.22. The minimum absolute atomic E-state index is 0.00836. The smallest absolute Gasteiger partial charge is 0.407 e. The molecule has 2 fully saturated rings. The number of alkyl carbamates (subject to hydrolysis) is 1. The first-order valence-electron chi connectivity index (χ1n) is 18.6. The van der Waals surface area contributed by atoms with E-state index in [9.17, 15) is 14.4 Å². The first kappa shape index (κ1) is 39.3. The van der Waals surface area contributed by atoms with E-state index in [1.165, 1.54) is 25.3 Å². The molecule has 290 valence electrons. The maximum absolute atomic E-state index is 16.1. The largest absolute Gasteiger partial charge is 0.494 e. The van der Waals surface area contributed by atoms with Gasteiger partial charge in [0.05, 0.1) is 17.7 Å². The summed E-state index contributed by atoms with van der Waals surface area (Å²) >= 11 is 6.64. The van der Waals surface area contributed by atoms with Gasteiger partial charge in [0.15, 0.2) is 17.2 Å². The Bertz CT molecular complexity index is 1900. The molecule has 1 aliphatic carbocycles. The van der Waals surface area contributed by atoms with E-state index >= 15 is 8.78 Å². The van der Waals surface area contributed by atoms with Gasteiger partial charge in [0.25, 0.3) is 0 Å². The van der Waals surface area contributed by atoms with E-state index in [1.807, 2.05) is 62.9 Å². The zero-order chi connectivity index (χ0) is 38.9. The number of nitrogens with zero attached hydrogens (tertiary/aromatic N) is 1. The van der Waals surface area contributed by atoms with Crippen LogP contribution in [0.5, 0.6) is 11.5 Å². The van der Waals surface area contributed by atoms with E-state index in [-0.39, 0.29) is 57.0 Å². The van der Waals surface area contributed by atoms with Crippen LogP contribution in [-0.4, -0.2) is 67.7 Å². The number of benzene rings is 3. The molecule has 0 bridgehead atoms. The number of primary amides is 1. The molecular formula is C41H49ClF2N4O6. The second-order valence-corrected chi connectivity index (χ2v) is 16.0. The molecule has 0 unspecified atom stereocenters. The second kappa shape index (κ2) is 15.7. The molecular weight excluding hydrogens is 718 g/mol. The SMILES string of the molecule is COc1ccc(C(N)=O)c(-c2c(Cl)c(F)cc3c2[C@H](C)[C@@](CNC2CCC(C(=O)N4CC[C@H](CNC(=O)OC(C)(C)C)C4)CC2)(c2ccccc2)O3)c1F. The highest BCUT2D eigenvalue weighted by molar-refractivity contribution is 6.34. The van der Waals surface area contributed by atoms with Crippen molar-refractivity contribution < 1.29 is 37.4 Å². The Hall–Kier alpha value is -4.42. The normalized spacial score (nSPS) is 23.7. The van der Waals surface area contributed by atoms with Crippen LogP contribution in [0.2, 0.25) is 5.02 Å². The summed E-state index contributed by atoms with van der Waals surface area (Å²) in [5.74, 6) is -2.86. The van der Waals surface area contributed by atoms with Gasteiger partial charge in [0, 0.05) is 66.8 Å². The van der Waals surface area contributed by atoms with Gasteiger partial charge in [-0.25, -0.2) is 13.6 Å². The van der Waals surface area contributed by atoms with Crippen LogP contribution in [0.3, 0.4) is 0 Å². The Morgan fingerprint density at radius 3 is 2.39 bits per heavy atom. The minimum atomic E-state index is -1.07. The number of amides is 3. The topological polar surface area (TPSA) is 132 Å². The lowest BCUT2D eigenvalue weighted by Gasteiger charge is -2.37. The summed E-state index contributed by atoms with van der Waals surface area (Å²) in [7, 11) is 1.29. The number of hydrogen-bond acceptors (Lipinski definition) is 7. The van der Waals surface area contributed by atoms with Gasteiger partial charge in [-0.15, -0.1) is 0 Å². The van der Waals surface area contributed by atoms with Gasteiger partial charge in [0.1, 0.15) is 17.2 Å². The third kappa shape index (κ3) is 7.86. The molecule has 2 heterocycles. The Balaban J connectivity index is 1.17. The van der Waals surface area contributed by atoms with Crippen molar-refractivity contribution in [3.63, 3.8) is 0 Å². The lowest BCUT2D eigenvalue weighted by Crippen LogP contribution is -2.48. The molecule has 3 aromatic carbocycles. The molecule has 3 aromatic rings. The average Bonchev–Trinajstić information content (AvgIpc) is 3.73. The van der Waals surface area contributed by atoms with Crippen molar-refractivity contribution in [2.75, 3.05) is 33.3 Å². The zero-order valence-corrected chi connectivity index (χ0v) is 32.2. The lowest BCUT2D eigenvalue weighted by atomic mass is 9.77. The van der Waals surface area contributed by atoms with Crippen molar-refractivity contribution in [1.82, 2.24) is 15.5 Å². The molecule has 1 saturated heterocycles. The molecule has 3 amide bonds. The molecule has 10 nitrogen and oxygen atoms in total. The van der Waals surface area contributed by atoms with Crippen LogP contribution in [0, 0.1) is 23.5 Å². The predicted molar refractivity (Wildman–Crippen MR) is 202 cm³/mol. The first-order valence-corrected chi connectivity index (χ1v) is 18.9. The molecule has 0 aromatic heterocycles. The number of likely N-dealkylation sites (tertiary alicyclic amines) is 1. The van der Waals surface area contributed by atoms with Gasteiger partial charge in [-0.1, -0.05) is 48.9 Å². The maximum Gasteiger partial charge on any atom is 0.407 e. The molecule has 0 radical (unpaired) electrons. The van der Waals surface area contributed by atoms with E-state index in [4.69, 9.17) is 31.5 Å². The first-order chi connectivity index (χ1) is 25.6. The number of carbonyl (C=O) groups excluding carboxylic acids is 3. The minimum Gasteiger partial charge on any atom is -0.494 e. The van der Waals surface area contributed by atoms with Crippen molar-refractivity contribution in [2.24, 2.45) is 17.6 Å².